The number of nitro groups is 1. The molecule has 19 heavy (non-hydrogen) atoms. The summed E-state index contributed by atoms with van der Waals surface area (Å²) >= 11 is 0. The predicted molar refractivity (Wildman–Crippen MR) is 68.5 cm³/mol. The minimum atomic E-state index is -0.705. The summed E-state index contributed by atoms with van der Waals surface area (Å²) in [6.07, 6.45) is 0.0956. The van der Waals surface area contributed by atoms with Crippen molar-refractivity contribution in [2.24, 2.45) is 0 Å². The van der Waals surface area contributed by atoms with Gasteiger partial charge in [0.15, 0.2) is 0 Å². The van der Waals surface area contributed by atoms with E-state index >= 15 is 0 Å². The van der Waals surface area contributed by atoms with Crippen molar-refractivity contribution < 1.29 is 14.5 Å². The number of anilines is 1. The normalized spacial score (nSPS) is 9.74. The quantitative estimate of drug-likeness (QED) is 0.394. The highest BCUT2D eigenvalue weighted by atomic mass is 16.6. The van der Waals surface area contributed by atoms with Gasteiger partial charge in [0.25, 0.3) is 5.91 Å². The predicted octanol–water partition coefficient (Wildman–Crippen LogP) is 0.0429. The van der Waals surface area contributed by atoms with Gasteiger partial charge >= 0.3 is 5.69 Å². The van der Waals surface area contributed by atoms with E-state index in [1.807, 2.05) is 0 Å². The molecule has 0 saturated heterocycles. The lowest BCUT2D eigenvalue weighted by atomic mass is 10.1. The van der Waals surface area contributed by atoms with Crippen LogP contribution in [0.15, 0.2) is 18.2 Å². The van der Waals surface area contributed by atoms with Crippen molar-refractivity contribution >= 4 is 23.2 Å². The number of nitrogen functional groups attached to an aromatic ring is 1. The van der Waals surface area contributed by atoms with Crippen LogP contribution in [0.4, 0.5) is 11.4 Å². The second kappa shape index (κ2) is 6.34. The second-order valence-electron chi connectivity index (χ2n) is 3.68. The number of amides is 2. The molecule has 0 aliphatic carbocycles. The first-order valence-electron chi connectivity index (χ1n) is 5.49. The van der Waals surface area contributed by atoms with Crippen LogP contribution in [-0.2, 0) is 4.79 Å². The van der Waals surface area contributed by atoms with Crippen LogP contribution in [0.3, 0.4) is 0 Å². The summed E-state index contributed by atoms with van der Waals surface area (Å²) in [5.41, 5.74) is 4.84. The Labute approximate surface area is 109 Å². The van der Waals surface area contributed by atoms with E-state index in [0.717, 1.165) is 0 Å². The first-order chi connectivity index (χ1) is 8.97. The molecule has 0 aliphatic rings. The monoisotopic (exact) mass is 266 g/mol. The van der Waals surface area contributed by atoms with E-state index in [-0.39, 0.29) is 30.1 Å². The standard InChI is InChI=1S/C11H14N4O4/c1-13-9(16)5-6-14-11(17)7-3-2-4-8(12)10(7)15(18)19/h2-4H,5-6,12H2,1H3,(H,13,16)(H,14,17). The molecule has 0 saturated carbocycles. The van der Waals surface area contributed by atoms with Gasteiger partial charge in [0.1, 0.15) is 11.3 Å². The van der Waals surface area contributed by atoms with E-state index in [4.69, 9.17) is 5.73 Å². The topological polar surface area (TPSA) is 127 Å². The molecule has 102 valence electrons. The molecule has 2 amide bonds. The van der Waals surface area contributed by atoms with Gasteiger partial charge in [-0.05, 0) is 12.1 Å². The zero-order valence-corrected chi connectivity index (χ0v) is 10.3. The Morgan fingerprint density at radius 1 is 1.42 bits per heavy atom. The highest BCUT2D eigenvalue weighted by Crippen LogP contribution is 2.25. The maximum atomic E-state index is 11.8. The first-order valence-corrected chi connectivity index (χ1v) is 5.49. The van der Waals surface area contributed by atoms with Crippen LogP contribution in [0, 0.1) is 10.1 Å². The molecule has 0 unspecified atom stereocenters. The molecular weight excluding hydrogens is 252 g/mol. The maximum Gasteiger partial charge on any atom is 0.304 e. The Bertz CT molecular complexity index is 515. The number of nitrogens with zero attached hydrogens (tertiary/aromatic N) is 1. The Hall–Kier alpha value is -2.64. The third kappa shape index (κ3) is 3.66. The third-order valence-electron chi connectivity index (χ3n) is 2.41. The number of benzene rings is 1. The van der Waals surface area contributed by atoms with Crippen molar-refractivity contribution in [1.82, 2.24) is 10.6 Å². The Balaban J connectivity index is 2.80. The third-order valence-corrected chi connectivity index (χ3v) is 2.41. The number of carbonyl (C=O) groups is 2. The minimum Gasteiger partial charge on any atom is -0.393 e. The summed E-state index contributed by atoms with van der Waals surface area (Å²) in [6.45, 7) is 0.0878. The molecule has 0 atom stereocenters. The number of nitro benzene ring substituents is 1. The molecule has 0 aliphatic heterocycles. The molecule has 0 fully saturated rings. The molecule has 0 bridgehead atoms. The summed E-state index contributed by atoms with van der Waals surface area (Å²) in [4.78, 5) is 32.9. The molecule has 1 rings (SSSR count). The van der Waals surface area contributed by atoms with Crippen molar-refractivity contribution in [2.45, 2.75) is 6.42 Å². The minimum absolute atomic E-state index is 0.0797. The number of hydrogen-bond donors (Lipinski definition) is 3. The summed E-state index contributed by atoms with van der Waals surface area (Å²) < 4.78 is 0. The fourth-order valence-corrected chi connectivity index (χ4v) is 1.46. The van der Waals surface area contributed by atoms with Gasteiger partial charge in [-0.25, -0.2) is 0 Å². The maximum absolute atomic E-state index is 11.8. The van der Waals surface area contributed by atoms with Gasteiger partial charge in [0, 0.05) is 20.0 Å². The average Bonchev–Trinajstić information content (AvgIpc) is 2.37. The fraction of sp³-hybridized carbons (Fsp3) is 0.273. The zero-order valence-electron chi connectivity index (χ0n) is 10.3. The first kappa shape index (κ1) is 14.4. The van der Waals surface area contributed by atoms with Crippen molar-refractivity contribution in [1.29, 1.82) is 0 Å². The van der Waals surface area contributed by atoms with Crippen LogP contribution >= 0.6 is 0 Å². The lowest BCUT2D eigenvalue weighted by Gasteiger charge is -2.06. The van der Waals surface area contributed by atoms with Crippen molar-refractivity contribution in [3.8, 4) is 0 Å². The molecular formula is C11H14N4O4. The second-order valence-corrected chi connectivity index (χ2v) is 3.68. The number of nitrogens with one attached hydrogen (secondary N) is 2. The van der Waals surface area contributed by atoms with E-state index in [1.165, 1.54) is 25.2 Å². The average molecular weight is 266 g/mol. The molecule has 1 aromatic rings. The van der Waals surface area contributed by atoms with E-state index in [0.29, 0.717) is 0 Å². The van der Waals surface area contributed by atoms with E-state index in [1.54, 1.807) is 0 Å². The highest BCUT2D eigenvalue weighted by Gasteiger charge is 2.22. The van der Waals surface area contributed by atoms with Gasteiger partial charge in [-0.2, -0.15) is 0 Å². The molecule has 1 aromatic carbocycles. The number of hydrogen-bond acceptors (Lipinski definition) is 5. The van der Waals surface area contributed by atoms with E-state index in [2.05, 4.69) is 10.6 Å². The number of rotatable bonds is 5. The van der Waals surface area contributed by atoms with Crippen molar-refractivity contribution in [3.05, 3.63) is 33.9 Å². The van der Waals surface area contributed by atoms with Gasteiger partial charge in [-0.3, -0.25) is 19.7 Å². The Morgan fingerprint density at radius 2 is 2.11 bits per heavy atom. The Kier molecular flexibility index (Phi) is 4.81. The van der Waals surface area contributed by atoms with Crippen LogP contribution in [0.2, 0.25) is 0 Å². The molecule has 0 aromatic heterocycles. The number of carbonyl (C=O) groups excluding carboxylic acids is 2. The molecule has 8 nitrogen and oxygen atoms in total. The van der Waals surface area contributed by atoms with Crippen LogP contribution in [0.1, 0.15) is 16.8 Å². The lowest BCUT2D eigenvalue weighted by molar-refractivity contribution is -0.384. The molecule has 0 heterocycles. The smallest absolute Gasteiger partial charge is 0.304 e. The van der Waals surface area contributed by atoms with E-state index < -0.39 is 16.5 Å². The highest BCUT2D eigenvalue weighted by molar-refractivity contribution is 6.00. The molecule has 0 radical (unpaired) electrons. The van der Waals surface area contributed by atoms with Gasteiger partial charge in [-0.1, -0.05) is 6.07 Å². The largest absolute Gasteiger partial charge is 0.393 e. The number of nitrogens with two attached hydrogens (primary N) is 1. The SMILES string of the molecule is CNC(=O)CCNC(=O)c1cccc(N)c1[N+](=O)[O-]. The summed E-state index contributed by atoms with van der Waals surface area (Å²) in [7, 11) is 1.48. The van der Waals surface area contributed by atoms with Crippen LogP contribution in [0.25, 0.3) is 0 Å². The van der Waals surface area contributed by atoms with Crippen molar-refractivity contribution in [2.75, 3.05) is 19.3 Å². The van der Waals surface area contributed by atoms with Crippen LogP contribution in [-0.4, -0.2) is 30.3 Å². The summed E-state index contributed by atoms with van der Waals surface area (Å²) in [5.74, 6) is -0.870. The zero-order chi connectivity index (χ0) is 14.4. The van der Waals surface area contributed by atoms with Crippen molar-refractivity contribution in [3.63, 3.8) is 0 Å². The van der Waals surface area contributed by atoms with Crippen LogP contribution in [0.5, 0.6) is 0 Å². The summed E-state index contributed by atoms with van der Waals surface area (Å²) in [5, 5.41) is 15.7. The van der Waals surface area contributed by atoms with Gasteiger partial charge in [0.05, 0.1) is 4.92 Å². The molecule has 0 spiro atoms. The lowest BCUT2D eigenvalue weighted by Crippen LogP contribution is -2.29. The van der Waals surface area contributed by atoms with Gasteiger partial charge in [-0.15, -0.1) is 0 Å². The summed E-state index contributed by atoms with van der Waals surface area (Å²) in [6, 6.07) is 4.11. The molecule has 8 heteroatoms. The Morgan fingerprint density at radius 3 is 2.68 bits per heavy atom. The van der Waals surface area contributed by atoms with Gasteiger partial charge in [0.2, 0.25) is 5.91 Å². The van der Waals surface area contributed by atoms with Crippen LogP contribution < -0.4 is 16.4 Å². The van der Waals surface area contributed by atoms with Gasteiger partial charge < -0.3 is 16.4 Å². The molecule has 4 N–H and O–H groups in total. The number of para-hydroxylation sites is 1. The van der Waals surface area contributed by atoms with E-state index in [9.17, 15) is 19.7 Å². The fourth-order valence-electron chi connectivity index (χ4n) is 1.46.